The van der Waals surface area contributed by atoms with Crippen molar-refractivity contribution in [3.8, 4) is 0 Å². The third-order valence-electron chi connectivity index (χ3n) is 5.71. The van der Waals surface area contributed by atoms with E-state index in [2.05, 4.69) is 66.7 Å². The van der Waals surface area contributed by atoms with Crippen molar-refractivity contribution in [2.24, 2.45) is 0 Å². The number of rotatable bonds is 6. The van der Waals surface area contributed by atoms with Crippen molar-refractivity contribution in [1.29, 1.82) is 0 Å². The summed E-state index contributed by atoms with van der Waals surface area (Å²) in [6.07, 6.45) is 0. The smallest absolute Gasteiger partial charge is 0.139 e. The fourth-order valence-corrected chi connectivity index (χ4v) is 6.44. The summed E-state index contributed by atoms with van der Waals surface area (Å²) in [5.74, 6) is -0.0636. The van der Waals surface area contributed by atoms with Gasteiger partial charge < -0.3 is 9.47 Å². The van der Waals surface area contributed by atoms with Crippen LogP contribution in [0, 0.1) is 0 Å². The topological polar surface area (TPSA) is 18.5 Å². The number of fused-ring (bicyclic) bond motifs is 2. The second-order valence-corrected chi connectivity index (χ2v) is 9.09. The van der Waals surface area contributed by atoms with Crippen LogP contribution in [0.25, 0.3) is 43.1 Å². The Kier molecular flexibility index (Phi) is 4.51. The maximum atomic E-state index is 5.88. The lowest BCUT2D eigenvalue weighted by atomic mass is 9.90. The van der Waals surface area contributed by atoms with Crippen molar-refractivity contribution in [2.75, 3.05) is 13.2 Å². The number of hydrogen-bond acceptors (Lipinski definition) is 2. The molecule has 0 radical (unpaired) electrons. The molecule has 0 saturated carbocycles. The van der Waals surface area contributed by atoms with Gasteiger partial charge in [-0.25, -0.2) is 0 Å². The molecular weight excluding hydrogens is 360 g/mol. The van der Waals surface area contributed by atoms with E-state index in [0.29, 0.717) is 13.2 Å². The van der Waals surface area contributed by atoms with Crippen LogP contribution in [0.5, 0.6) is 0 Å². The maximum absolute atomic E-state index is 5.88. The van der Waals surface area contributed by atoms with Crippen molar-refractivity contribution in [3.63, 3.8) is 0 Å². The Morgan fingerprint density at radius 2 is 1.18 bits per heavy atom. The second kappa shape index (κ2) is 7.17. The molecule has 0 aliphatic rings. The van der Waals surface area contributed by atoms with Crippen LogP contribution in [0.15, 0.2) is 66.7 Å². The summed E-state index contributed by atoms with van der Waals surface area (Å²) < 4.78 is 11.8. The molecule has 0 amide bonds. The van der Waals surface area contributed by atoms with E-state index >= 15 is 0 Å². The van der Waals surface area contributed by atoms with Crippen molar-refractivity contribution in [3.05, 3.63) is 66.7 Å². The van der Waals surface area contributed by atoms with Crippen LogP contribution in [-0.4, -0.2) is 28.6 Å². The predicted octanol–water partition coefficient (Wildman–Crippen LogP) is 4.89. The van der Waals surface area contributed by atoms with Gasteiger partial charge in [0.1, 0.15) is 15.4 Å². The Morgan fingerprint density at radius 3 is 1.82 bits per heavy atom. The zero-order valence-corrected chi connectivity index (χ0v) is 17.8. The SMILES string of the molecule is CCOC(OCC)[SiH2]c1ccc2c3cccc4cccc(c5cccc1c52)c43. The quantitative estimate of drug-likeness (QED) is 0.180. The average molecular weight is 385 g/mol. The molecule has 0 fully saturated rings. The molecule has 0 heterocycles. The first kappa shape index (κ1) is 17.6. The maximum Gasteiger partial charge on any atom is 0.139 e. The molecule has 28 heavy (non-hydrogen) atoms. The van der Waals surface area contributed by atoms with E-state index in [1.807, 2.05) is 13.8 Å². The van der Waals surface area contributed by atoms with E-state index in [0.717, 1.165) is 0 Å². The first-order valence-corrected chi connectivity index (χ1v) is 11.6. The zero-order valence-electron chi connectivity index (χ0n) is 16.4. The van der Waals surface area contributed by atoms with Crippen LogP contribution < -0.4 is 5.19 Å². The molecule has 0 aromatic heterocycles. The molecule has 5 rings (SSSR count). The molecule has 0 bridgehead atoms. The van der Waals surface area contributed by atoms with Gasteiger partial charge in [-0.3, -0.25) is 0 Å². The van der Waals surface area contributed by atoms with Crippen LogP contribution >= 0.6 is 0 Å². The molecule has 0 aliphatic heterocycles. The average Bonchev–Trinajstić information content (AvgIpc) is 2.73. The fourth-order valence-electron chi connectivity index (χ4n) is 4.60. The molecule has 3 heteroatoms. The Bertz CT molecular complexity index is 1220. The van der Waals surface area contributed by atoms with Gasteiger partial charge in [-0.1, -0.05) is 71.9 Å². The summed E-state index contributed by atoms with van der Waals surface area (Å²) in [6.45, 7) is 5.45. The molecule has 0 saturated heterocycles. The highest BCUT2D eigenvalue weighted by Crippen LogP contribution is 2.39. The number of ether oxygens (including phenoxy) is 2. The van der Waals surface area contributed by atoms with Crippen LogP contribution in [0.1, 0.15) is 13.8 Å². The van der Waals surface area contributed by atoms with E-state index in [1.54, 1.807) is 0 Å². The molecule has 0 atom stereocenters. The van der Waals surface area contributed by atoms with Crippen molar-refractivity contribution in [1.82, 2.24) is 0 Å². The van der Waals surface area contributed by atoms with Gasteiger partial charge in [0.15, 0.2) is 0 Å². The lowest BCUT2D eigenvalue weighted by molar-refractivity contribution is -0.0817. The highest BCUT2D eigenvalue weighted by atomic mass is 28.2. The minimum absolute atomic E-state index is 0.0636. The van der Waals surface area contributed by atoms with Gasteiger partial charge in [0.2, 0.25) is 0 Å². The van der Waals surface area contributed by atoms with Crippen molar-refractivity contribution < 1.29 is 9.47 Å². The van der Waals surface area contributed by atoms with E-state index in [4.69, 9.17) is 9.47 Å². The molecule has 2 nitrogen and oxygen atoms in total. The third-order valence-corrected chi connectivity index (χ3v) is 7.57. The molecule has 0 N–H and O–H groups in total. The first-order valence-electron chi connectivity index (χ1n) is 10.1. The van der Waals surface area contributed by atoms with Gasteiger partial charge in [0.25, 0.3) is 0 Å². The predicted molar refractivity (Wildman–Crippen MR) is 123 cm³/mol. The van der Waals surface area contributed by atoms with Gasteiger partial charge in [0.05, 0.1) is 0 Å². The Hall–Kier alpha value is -2.46. The molecule has 0 spiro atoms. The van der Waals surface area contributed by atoms with Crippen LogP contribution in [0.4, 0.5) is 0 Å². The summed E-state index contributed by atoms with van der Waals surface area (Å²) in [5.41, 5.74) is 0. The summed E-state index contributed by atoms with van der Waals surface area (Å²) in [5, 5.41) is 12.2. The molecule has 0 unspecified atom stereocenters. The van der Waals surface area contributed by atoms with Gasteiger partial charge in [0, 0.05) is 13.2 Å². The summed E-state index contributed by atoms with van der Waals surface area (Å²) in [6, 6.07) is 24.6. The van der Waals surface area contributed by atoms with Crippen LogP contribution in [-0.2, 0) is 9.47 Å². The standard InChI is InChI=1S/C25H24O2Si/c1-3-26-25(27-4-2)28-22-15-14-20-18-11-6-9-16-8-5-10-17(23(16)18)19-12-7-13-21(22)24(19)20/h5-15,25H,3-4,28H2,1-2H3. The van der Waals surface area contributed by atoms with Crippen molar-refractivity contribution in [2.45, 2.75) is 19.8 Å². The lowest BCUT2D eigenvalue weighted by Crippen LogP contribution is -2.33. The Balaban J connectivity index is 1.82. The Labute approximate surface area is 167 Å². The highest BCUT2D eigenvalue weighted by molar-refractivity contribution is 6.59. The number of hydrogen-bond donors (Lipinski definition) is 0. The van der Waals surface area contributed by atoms with Gasteiger partial charge in [-0.2, -0.15) is 0 Å². The minimum Gasteiger partial charge on any atom is -0.357 e. The van der Waals surface area contributed by atoms with Gasteiger partial charge in [-0.05, 0) is 56.9 Å². The third kappa shape index (κ3) is 2.70. The highest BCUT2D eigenvalue weighted by Gasteiger charge is 2.17. The molecule has 0 aliphatic carbocycles. The van der Waals surface area contributed by atoms with E-state index in [9.17, 15) is 0 Å². The fraction of sp³-hybridized carbons (Fsp3) is 0.200. The van der Waals surface area contributed by atoms with E-state index in [1.165, 1.54) is 48.3 Å². The van der Waals surface area contributed by atoms with E-state index in [-0.39, 0.29) is 5.91 Å². The largest absolute Gasteiger partial charge is 0.357 e. The monoisotopic (exact) mass is 384 g/mol. The van der Waals surface area contributed by atoms with Crippen LogP contribution in [0.2, 0.25) is 0 Å². The molecular formula is C25H24O2Si. The molecule has 5 aromatic rings. The normalized spacial score (nSPS) is 12.7. The second-order valence-electron chi connectivity index (χ2n) is 7.25. The zero-order chi connectivity index (χ0) is 19.1. The first-order chi connectivity index (χ1) is 13.8. The van der Waals surface area contributed by atoms with Gasteiger partial charge >= 0.3 is 0 Å². The summed E-state index contributed by atoms with van der Waals surface area (Å²) in [4.78, 5) is 0. The Morgan fingerprint density at radius 1 is 0.643 bits per heavy atom. The number of benzene rings is 5. The molecule has 140 valence electrons. The summed E-state index contributed by atoms with van der Waals surface area (Å²) in [7, 11) is -0.727. The summed E-state index contributed by atoms with van der Waals surface area (Å²) >= 11 is 0. The minimum atomic E-state index is -0.727. The van der Waals surface area contributed by atoms with Gasteiger partial charge in [-0.15, -0.1) is 0 Å². The lowest BCUT2D eigenvalue weighted by Gasteiger charge is -2.19. The van der Waals surface area contributed by atoms with Crippen LogP contribution in [0.3, 0.4) is 0 Å². The van der Waals surface area contributed by atoms with Crippen molar-refractivity contribution >= 4 is 57.8 Å². The van der Waals surface area contributed by atoms with E-state index < -0.39 is 9.52 Å². The molecule has 5 aromatic carbocycles.